The molecule has 1 rings (SSSR count). The molecule has 0 bridgehead atoms. The van der Waals surface area contributed by atoms with Gasteiger partial charge in [0.1, 0.15) is 6.10 Å². The van der Waals surface area contributed by atoms with E-state index < -0.39 is 12.1 Å². The van der Waals surface area contributed by atoms with Gasteiger partial charge in [-0.3, -0.25) is 0 Å². The monoisotopic (exact) mass is 314 g/mol. The SMILES string of the molecule is C=C(C(=O)OCC)C(O)c1cc(Cl)c(OC)c(OCC)c1. The molecule has 116 valence electrons. The van der Waals surface area contributed by atoms with Crippen molar-refractivity contribution in [2.75, 3.05) is 20.3 Å². The summed E-state index contributed by atoms with van der Waals surface area (Å²) in [6.45, 7) is 7.66. The van der Waals surface area contributed by atoms with Crippen molar-refractivity contribution >= 4 is 17.6 Å². The van der Waals surface area contributed by atoms with Crippen LogP contribution in [0.15, 0.2) is 24.3 Å². The lowest BCUT2D eigenvalue weighted by atomic mass is 10.0. The van der Waals surface area contributed by atoms with Crippen LogP contribution in [0.2, 0.25) is 5.02 Å². The minimum absolute atomic E-state index is 0.0690. The summed E-state index contributed by atoms with van der Waals surface area (Å²) in [4.78, 5) is 11.6. The van der Waals surface area contributed by atoms with Gasteiger partial charge in [-0.15, -0.1) is 0 Å². The third-order valence-corrected chi connectivity index (χ3v) is 3.00. The summed E-state index contributed by atoms with van der Waals surface area (Å²) in [6, 6.07) is 3.06. The molecule has 1 aromatic rings. The number of esters is 1. The molecule has 5 nitrogen and oxygen atoms in total. The van der Waals surface area contributed by atoms with Crippen molar-refractivity contribution in [3.05, 3.63) is 34.9 Å². The van der Waals surface area contributed by atoms with Gasteiger partial charge in [0, 0.05) is 0 Å². The first-order valence-electron chi connectivity index (χ1n) is 6.50. The van der Waals surface area contributed by atoms with E-state index >= 15 is 0 Å². The quantitative estimate of drug-likeness (QED) is 0.619. The average molecular weight is 315 g/mol. The Morgan fingerprint density at radius 2 is 2.05 bits per heavy atom. The van der Waals surface area contributed by atoms with Crippen LogP contribution in [0.3, 0.4) is 0 Å². The number of aliphatic hydroxyl groups excluding tert-OH is 1. The van der Waals surface area contributed by atoms with Crippen molar-refractivity contribution in [1.29, 1.82) is 0 Å². The fourth-order valence-corrected chi connectivity index (χ4v) is 2.04. The molecule has 6 heteroatoms. The van der Waals surface area contributed by atoms with E-state index in [1.54, 1.807) is 13.0 Å². The summed E-state index contributed by atoms with van der Waals surface area (Å²) in [5, 5.41) is 10.5. The van der Waals surface area contributed by atoms with Gasteiger partial charge in [0.25, 0.3) is 0 Å². The fourth-order valence-electron chi connectivity index (χ4n) is 1.74. The number of benzene rings is 1. The Bertz CT molecular complexity index is 527. The highest BCUT2D eigenvalue weighted by Gasteiger charge is 2.22. The Kier molecular flexibility index (Phi) is 6.52. The first kappa shape index (κ1) is 17.3. The lowest BCUT2D eigenvalue weighted by Crippen LogP contribution is -2.14. The second kappa shape index (κ2) is 7.90. The first-order valence-corrected chi connectivity index (χ1v) is 6.88. The largest absolute Gasteiger partial charge is 0.491 e. The molecular formula is C15H19ClO5. The van der Waals surface area contributed by atoms with Gasteiger partial charge in [-0.2, -0.15) is 0 Å². The molecule has 0 aliphatic rings. The number of hydrogen-bond donors (Lipinski definition) is 1. The zero-order valence-electron chi connectivity index (χ0n) is 12.3. The highest BCUT2D eigenvalue weighted by molar-refractivity contribution is 6.32. The zero-order chi connectivity index (χ0) is 16.0. The van der Waals surface area contributed by atoms with Gasteiger partial charge in [-0.25, -0.2) is 4.79 Å². The Hall–Kier alpha value is -1.72. The predicted octanol–water partition coefficient (Wildman–Crippen LogP) is 2.90. The molecule has 0 amide bonds. The number of aliphatic hydroxyl groups is 1. The molecular weight excluding hydrogens is 296 g/mol. The molecule has 1 N–H and O–H groups in total. The highest BCUT2D eigenvalue weighted by atomic mass is 35.5. The van der Waals surface area contributed by atoms with Crippen LogP contribution in [-0.2, 0) is 9.53 Å². The molecule has 1 unspecified atom stereocenters. The van der Waals surface area contributed by atoms with Crippen molar-refractivity contribution in [2.45, 2.75) is 20.0 Å². The lowest BCUT2D eigenvalue weighted by molar-refractivity contribution is -0.139. The molecule has 21 heavy (non-hydrogen) atoms. The normalized spacial score (nSPS) is 11.7. The first-order chi connectivity index (χ1) is 9.96. The van der Waals surface area contributed by atoms with Crippen LogP contribution >= 0.6 is 11.6 Å². The molecule has 0 heterocycles. The second-order valence-corrected chi connectivity index (χ2v) is 4.52. The van der Waals surface area contributed by atoms with E-state index in [0.29, 0.717) is 23.7 Å². The topological polar surface area (TPSA) is 65.0 Å². The highest BCUT2D eigenvalue weighted by Crippen LogP contribution is 2.39. The van der Waals surface area contributed by atoms with E-state index in [9.17, 15) is 9.90 Å². The molecule has 1 atom stereocenters. The molecule has 0 aliphatic carbocycles. The Morgan fingerprint density at radius 1 is 1.38 bits per heavy atom. The minimum Gasteiger partial charge on any atom is -0.491 e. The maximum absolute atomic E-state index is 11.6. The summed E-state index contributed by atoms with van der Waals surface area (Å²) in [5.41, 5.74) is 0.308. The van der Waals surface area contributed by atoms with E-state index in [4.69, 9.17) is 25.8 Å². The Labute approximate surface area is 129 Å². The minimum atomic E-state index is -1.23. The van der Waals surface area contributed by atoms with E-state index in [-0.39, 0.29) is 17.2 Å². The number of rotatable bonds is 7. The van der Waals surface area contributed by atoms with Crippen LogP contribution in [0.25, 0.3) is 0 Å². The molecule has 0 aromatic heterocycles. The summed E-state index contributed by atoms with van der Waals surface area (Å²) >= 11 is 6.10. The average Bonchev–Trinajstić information content (AvgIpc) is 2.46. The van der Waals surface area contributed by atoms with Crippen LogP contribution in [0, 0.1) is 0 Å². The smallest absolute Gasteiger partial charge is 0.336 e. The van der Waals surface area contributed by atoms with Crippen molar-refractivity contribution < 1.29 is 24.1 Å². The number of ether oxygens (including phenoxy) is 3. The van der Waals surface area contributed by atoms with Crippen LogP contribution in [0.4, 0.5) is 0 Å². The Balaban J connectivity index is 3.12. The fraction of sp³-hybridized carbons (Fsp3) is 0.400. The van der Waals surface area contributed by atoms with E-state index in [0.717, 1.165) is 0 Å². The third-order valence-electron chi connectivity index (χ3n) is 2.72. The van der Waals surface area contributed by atoms with Gasteiger partial charge >= 0.3 is 5.97 Å². The zero-order valence-corrected chi connectivity index (χ0v) is 13.1. The maximum atomic E-state index is 11.6. The maximum Gasteiger partial charge on any atom is 0.336 e. The van der Waals surface area contributed by atoms with Gasteiger partial charge in [0.2, 0.25) is 0 Å². The number of carbonyl (C=O) groups excluding carboxylic acids is 1. The number of hydrogen-bond acceptors (Lipinski definition) is 5. The van der Waals surface area contributed by atoms with Gasteiger partial charge in [0.15, 0.2) is 11.5 Å². The van der Waals surface area contributed by atoms with E-state index in [1.807, 2.05) is 6.92 Å². The Morgan fingerprint density at radius 3 is 2.57 bits per heavy atom. The summed E-state index contributed by atoms with van der Waals surface area (Å²) in [7, 11) is 1.47. The number of methoxy groups -OCH3 is 1. The molecule has 0 fully saturated rings. The molecule has 0 saturated carbocycles. The van der Waals surface area contributed by atoms with Gasteiger partial charge in [-0.05, 0) is 31.5 Å². The molecule has 1 aromatic carbocycles. The van der Waals surface area contributed by atoms with Crippen LogP contribution in [0.1, 0.15) is 25.5 Å². The number of carbonyl (C=O) groups is 1. The summed E-state index contributed by atoms with van der Waals surface area (Å²) in [5.74, 6) is 0.101. The number of halogens is 1. The second-order valence-electron chi connectivity index (χ2n) is 4.12. The summed E-state index contributed by atoms with van der Waals surface area (Å²) in [6.07, 6.45) is -1.23. The van der Waals surface area contributed by atoms with E-state index in [1.165, 1.54) is 13.2 Å². The molecule has 0 radical (unpaired) electrons. The van der Waals surface area contributed by atoms with Crippen molar-refractivity contribution in [3.8, 4) is 11.5 Å². The van der Waals surface area contributed by atoms with Gasteiger partial charge in [-0.1, -0.05) is 18.2 Å². The van der Waals surface area contributed by atoms with Crippen LogP contribution in [0.5, 0.6) is 11.5 Å². The van der Waals surface area contributed by atoms with Crippen molar-refractivity contribution in [3.63, 3.8) is 0 Å². The van der Waals surface area contributed by atoms with E-state index in [2.05, 4.69) is 6.58 Å². The van der Waals surface area contributed by atoms with Crippen molar-refractivity contribution in [2.24, 2.45) is 0 Å². The van der Waals surface area contributed by atoms with Crippen molar-refractivity contribution in [1.82, 2.24) is 0 Å². The predicted molar refractivity (Wildman–Crippen MR) is 79.9 cm³/mol. The molecule has 0 saturated heterocycles. The molecule has 0 spiro atoms. The van der Waals surface area contributed by atoms with Crippen LogP contribution < -0.4 is 9.47 Å². The molecule has 0 aliphatic heterocycles. The standard InChI is InChI=1S/C15H19ClO5/c1-5-20-12-8-10(7-11(16)14(12)19-4)13(17)9(3)15(18)21-6-2/h7-8,13,17H,3,5-6H2,1-2,4H3. The van der Waals surface area contributed by atoms with Crippen LogP contribution in [-0.4, -0.2) is 31.4 Å². The summed E-state index contributed by atoms with van der Waals surface area (Å²) < 4.78 is 15.4. The van der Waals surface area contributed by atoms with Gasteiger partial charge in [0.05, 0.1) is 30.9 Å². The van der Waals surface area contributed by atoms with Gasteiger partial charge < -0.3 is 19.3 Å². The lowest BCUT2D eigenvalue weighted by Gasteiger charge is -2.17. The third kappa shape index (κ3) is 4.12.